The summed E-state index contributed by atoms with van der Waals surface area (Å²) < 4.78 is 2.04. The van der Waals surface area contributed by atoms with E-state index in [0.717, 1.165) is 12.2 Å². The lowest BCUT2D eigenvalue weighted by Gasteiger charge is -2.27. The number of anilines is 1. The Kier molecular flexibility index (Phi) is 1.37. The molecule has 11 heavy (non-hydrogen) atoms. The van der Waals surface area contributed by atoms with Crippen molar-refractivity contribution in [1.82, 2.24) is 9.78 Å². The molecule has 0 aromatic carbocycles. The fourth-order valence-electron chi connectivity index (χ4n) is 1.70. The molecule has 3 nitrogen and oxygen atoms in total. The minimum atomic E-state index is 0.538. The normalized spacial score (nSPS) is 29.3. The summed E-state index contributed by atoms with van der Waals surface area (Å²) in [6.07, 6.45) is 3.01. The van der Waals surface area contributed by atoms with Gasteiger partial charge in [-0.25, -0.2) is 4.68 Å². The maximum Gasteiger partial charge on any atom is 0.124 e. The van der Waals surface area contributed by atoms with Crippen LogP contribution in [-0.2, 0) is 0 Å². The lowest BCUT2D eigenvalue weighted by atomic mass is 10.1. The van der Waals surface area contributed by atoms with Gasteiger partial charge in [-0.3, -0.25) is 0 Å². The van der Waals surface area contributed by atoms with Gasteiger partial charge in [-0.2, -0.15) is 5.10 Å². The van der Waals surface area contributed by atoms with E-state index < -0.39 is 0 Å². The molecule has 1 aliphatic heterocycles. The topological polar surface area (TPSA) is 29.9 Å². The first-order valence-corrected chi connectivity index (χ1v) is 4.07. The Labute approximate surface area is 66.4 Å². The predicted molar refractivity (Wildman–Crippen MR) is 44.6 cm³/mol. The van der Waals surface area contributed by atoms with Gasteiger partial charge in [0, 0.05) is 12.1 Å². The molecule has 0 bridgehead atoms. The van der Waals surface area contributed by atoms with Crippen LogP contribution in [-0.4, -0.2) is 15.8 Å². The molecule has 0 radical (unpaired) electrons. The van der Waals surface area contributed by atoms with Crippen molar-refractivity contribution in [3.05, 3.63) is 12.3 Å². The highest BCUT2D eigenvalue weighted by molar-refractivity contribution is 5.37. The Balaban J connectivity index is 2.36. The molecule has 0 fully saturated rings. The summed E-state index contributed by atoms with van der Waals surface area (Å²) in [6, 6.07) is 3.14. The van der Waals surface area contributed by atoms with Crippen molar-refractivity contribution in [2.75, 3.05) is 5.32 Å². The van der Waals surface area contributed by atoms with Crippen LogP contribution in [0.4, 0.5) is 5.82 Å². The molecule has 0 saturated heterocycles. The van der Waals surface area contributed by atoms with E-state index in [4.69, 9.17) is 0 Å². The van der Waals surface area contributed by atoms with Crippen LogP contribution in [0.1, 0.15) is 26.3 Å². The monoisotopic (exact) mass is 151 g/mol. The Bertz CT molecular complexity index is 254. The highest BCUT2D eigenvalue weighted by atomic mass is 15.4. The molecule has 3 heteroatoms. The maximum atomic E-state index is 4.23. The van der Waals surface area contributed by atoms with Crippen molar-refractivity contribution in [2.24, 2.45) is 0 Å². The molecular weight excluding hydrogens is 138 g/mol. The largest absolute Gasteiger partial charge is 0.368 e. The van der Waals surface area contributed by atoms with Crippen LogP contribution in [0.25, 0.3) is 0 Å². The highest BCUT2D eigenvalue weighted by Gasteiger charge is 2.19. The van der Waals surface area contributed by atoms with Crippen LogP contribution in [0.5, 0.6) is 0 Å². The van der Waals surface area contributed by atoms with E-state index in [1.165, 1.54) is 0 Å². The van der Waals surface area contributed by atoms with E-state index in [1.807, 2.05) is 16.9 Å². The van der Waals surface area contributed by atoms with Crippen molar-refractivity contribution in [2.45, 2.75) is 32.4 Å². The second kappa shape index (κ2) is 2.26. The summed E-state index contributed by atoms with van der Waals surface area (Å²) >= 11 is 0. The number of aromatic nitrogens is 2. The number of nitrogens with one attached hydrogen (secondary N) is 1. The molecular formula is C8H13N3. The van der Waals surface area contributed by atoms with E-state index in [0.29, 0.717) is 12.1 Å². The molecule has 1 aliphatic rings. The van der Waals surface area contributed by atoms with Crippen LogP contribution in [0.15, 0.2) is 12.3 Å². The van der Waals surface area contributed by atoms with Crippen LogP contribution in [0.3, 0.4) is 0 Å². The van der Waals surface area contributed by atoms with Gasteiger partial charge in [0.05, 0.1) is 12.2 Å². The SMILES string of the molecule is C[C@@H]1C[C@H](C)Nc2ccnn21. The fourth-order valence-corrected chi connectivity index (χ4v) is 1.70. The Morgan fingerprint density at radius 3 is 3.27 bits per heavy atom. The minimum Gasteiger partial charge on any atom is -0.368 e. The lowest BCUT2D eigenvalue weighted by Crippen LogP contribution is -2.28. The maximum absolute atomic E-state index is 4.23. The number of hydrogen-bond donors (Lipinski definition) is 1. The first-order chi connectivity index (χ1) is 5.27. The van der Waals surface area contributed by atoms with Gasteiger partial charge in [-0.05, 0) is 20.3 Å². The van der Waals surface area contributed by atoms with Crippen molar-refractivity contribution in [3.8, 4) is 0 Å². The summed E-state index contributed by atoms with van der Waals surface area (Å²) in [5, 5.41) is 7.60. The van der Waals surface area contributed by atoms with Gasteiger partial charge in [0.2, 0.25) is 0 Å². The molecule has 0 spiro atoms. The van der Waals surface area contributed by atoms with Crippen molar-refractivity contribution < 1.29 is 0 Å². The quantitative estimate of drug-likeness (QED) is 0.611. The third-order valence-electron chi connectivity index (χ3n) is 2.18. The smallest absolute Gasteiger partial charge is 0.124 e. The lowest BCUT2D eigenvalue weighted by molar-refractivity contribution is 0.414. The van der Waals surface area contributed by atoms with Gasteiger partial charge in [0.25, 0.3) is 0 Å². The fraction of sp³-hybridized carbons (Fsp3) is 0.625. The Morgan fingerprint density at radius 2 is 2.45 bits per heavy atom. The second-order valence-corrected chi connectivity index (χ2v) is 3.29. The van der Waals surface area contributed by atoms with E-state index >= 15 is 0 Å². The molecule has 2 rings (SSSR count). The zero-order valence-corrected chi connectivity index (χ0v) is 6.91. The highest BCUT2D eigenvalue weighted by Crippen LogP contribution is 2.24. The van der Waals surface area contributed by atoms with Crippen molar-refractivity contribution in [3.63, 3.8) is 0 Å². The summed E-state index contributed by atoms with van der Waals surface area (Å²) in [4.78, 5) is 0. The van der Waals surface area contributed by atoms with E-state index in [-0.39, 0.29) is 0 Å². The first kappa shape index (κ1) is 6.70. The number of fused-ring (bicyclic) bond motifs is 1. The van der Waals surface area contributed by atoms with Gasteiger partial charge < -0.3 is 5.32 Å². The van der Waals surface area contributed by atoms with Gasteiger partial charge in [-0.15, -0.1) is 0 Å². The molecule has 2 atom stereocenters. The molecule has 0 saturated carbocycles. The summed E-state index contributed by atoms with van der Waals surface area (Å²) in [5.74, 6) is 1.15. The van der Waals surface area contributed by atoms with Gasteiger partial charge >= 0.3 is 0 Å². The molecule has 60 valence electrons. The van der Waals surface area contributed by atoms with Gasteiger partial charge in [0.1, 0.15) is 5.82 Å². The number of hydrogen-bond acceptors (Lipinski definition) is 2. The summed E-state index contributed by atoms with van der Waals surface area (Å²) in [7, 11) is 0. The molecule has 1 N–H and O–H groups in total. The van der Waals surface area contributed by atoms with Crippen LogP contribution in [0, 0.1) is 0 Å². The molecule has 1 aromatic rings. The van der Waals surface area contributed by atoms with E-state index in [2.05, 4.69) is 24.3 Å². The Morgan fingerprint density at radius 1 is 1.64 bits per heavy atom. The van der Waals surface area contributed by atoms with Crippen molar-refractivity contribution >= 4 is 5.82 Å². The molecule has 2 heterocycles. The van der Waals surface area contributed by atoms with Gasteiger partial charge in [0.15, 0.2) is 0 Å². The van der Waals surface area contributed by atoms with Crippen LogP contribution < -0.4 is 5.32 Å². The third kappa shape index (κ3) is 1.00. The third-order valence-corrected chi connectivity index (χ3v) is 2.18. The summed E-state index contributed by atoms with van der Waals surface area (Å²) in [5.41, 5.74) is 0. The van der Waals surface area contributed by atoms with E-state index in [9.17, 15) is 0 Å². The minimum absolute atomic E-state index is 0.538. The van der Waals surface area contributed by atoms with E-state index in [1.54, 1.807) is 0 Å². The summed E-state index contributed by atoms with van der Waals surface area (Å²) in [6.45, 7) is 4.40. The molecule has 0 unspecified atom stereocenters. The average Bonchev–Trinajstić information content (AvgIpc) is 2.34. The predicted octanol–water partition coefficient (Wildman–Crippen LogP) is 1.65. The Hall–Kier alpha value is -0.990. The number of nitrogens with zero attached hydrogens (tertiary/aromatic N) is 2. The van der Waals surface area contributed by atoms with Gasteiger partial charge in [-0.1, -0.05) is 0 Å². The molecule has 0 amide bonds. The standard InChI is InChI=1S/C8H13N3/c1-6-5-7(2)11-8(10-6)3-4-9-11/h3-4,6-7,10H,5H2,1-2H3/t6-,7+/m0/s1. The zero-order valence-electron chi connectivity index (χ0n) is 6.91. The van der Waals surface area contributed by atoms with Crippen LogP contribution >= 0.6 is 0 Å². The van der Waals surface area contributed by atoms with Crippen molar-refractivity contribution in [1.29, 1.82) is 0 Å². The zero-order chi connectivity index (χ0) is 7.84. The molecule has 0 aliphatic carbocycles. The molecule has 1 aromatic heterocycles. The number of rotatable bonds is 0. The second-order valence-electron chi connectivity index (χ2n) is 3.29. The first-order valence-electron chi connectivity index (χ1n) is 4.07. The van der Waals surface area contributed by atoms with Crippen LogP contribution in [0.2, 0.25) is 0 Å². The average molecular weight is 151 g/mol.